The topological polar surface area (TPSA) is 85.0 Å². The fraction of sp³-hybridized carbons (Fsp3) is 0.421. The number of nitrogens with zero attached hydrogens (tertiary/aromatic N) is 3. The number of carbonyl (C=O) groups excluding carboxylic acids is 1. The average Bonchev–Trinajstić information content (AvgIpc) is 3.39. The van der Waals surface area contributed by atoms with Crippen molar-refractivity contribution in [2.75, 3.05) is 6.54 Å². The number of fused-ring (bicyclic) bond motifs is 1. The average molecular weight is 353 g/mol. The van der Waals surface area contributed by atoms with Crippen molar-refractivity contribution in [2.24, 2.45) is 0 Å². The van der Waals surface area contributed by atoms with Gasteiger partial charge in [-0.3, -0.25) is 0 Å². The Bertz CT molecular complexity index is 865. The predicted octanol–water partition coefficient (Wildman–Crippen LogP) is 3.18. The molecule has 0 radical (unpaired) electrons. The van der Waals surface area contributed by atoms with E-state index in [-0.39, 0.29) is 6.03 Å². The molecule has 3 aromatic heterocycles. The SMILES string of the molecule is O=C(NCCc1nc2cccnc2n1C1CCCC1)NCc1ccco1. The Hall–Kier alpha value is -2.83. The molecular weight excluding hydrogens is 330 g/mol. The minimum Gasteiger partial charge on any atom is -0.467 e. The maximum absolute atomic E-state index is 11.9. The molecule has 0 aliphatic heterocycles. The van der Waals surface area contributed by atoms with Crippen LogP contribution in [0.15, 0.2) is 41.1 Å². The molecule has 0 bridgehead atoms. The second-order valence-electron chi connectivity index (χ2n) is 6.62. The predicted molar refractivity (Wildman–Crippen MR) is 97.7 cm³/mol. The molecule has 0 aromatic carbocycles. The molecule has 26 heavy (non-hydrogen) atoms. The van der Waals surface area contributed by atoms with Crippen LogP contribution in [0.25, 0.3) is 11.2 Å². The van der Waals surface area contributed by atoms with Crippen molar-refractivity contribution in [2.45, 2.75) is 44.7 Å². The third-order valence-corrected chi connectivity index (χ3v) is 4.85. The fourth-order valence-corrected chi connectivity index (χ4v) is 3.63. The lowest BCUT2D eigenvalue weighted by molar-refractivity contribution is 0.239. The second kappa shape index (κ2) is 7.59. The molecule has 7 heteroatoms. The Morgan fingerprint density at radius 2 is 2.12 bits per heavy atom. The molecule has 2 N–H and O–H groups in total. The van der Waals surface area contributed by atoms with E-state index in [2.05, 4.69) is 20.2 Å². The molecule has 3 heterocycles. The van der Waals surface area contributed by atoms with E-state index < -0.39 is 0 Å². The molecule has 1 fully saturated rings. The van der Waals surface area contributed by atoms with Gasteiger partial charge in [-0.15, -0.1) is 0 Å². The second-order valence-corrected chi connectivity index (χ2v) is 6.62. The number of carbonyl (C=O) groups is 1. The molecule has 0 unspecified atom stereocenters. The van der Waals surface area contributed by atoms with E-state index in [1.54, 1.807) is 12.3 Å². The minimum absolute atomic E-state index is 0.206. The van der Waals surface area contributed by atoms with E-state index in [1.807, 2.05) is 24.4 Å². The lowest BCUT2D eigenvalue weighted by Gasteiger charge is -2.16. The lowest BCUT2D eigenvalue weighted by Crippen LogP contribution is -2.36. The lowest BCUT2D eigenvalue weighted by atomic mass is 10.2. The summed E-state index contributed by atoms with van der Waals surface area (Å²) < 4.78 is 7.48. The van der Waals surface area contributed by atoms with Crippen LogP contribution in [0.3, 0.4) is 0 Å². The van der Waals surface area contributed by atoms with Crippen molar-refractivity contribution in [1.29, 1.82) is 0 Å². The Labute approximate surface area is 151 Å². The van der Waals surface area contributed by atoms with Crippen molar-refractivity contribution in [3.63, 3.8) is 0 Å². The van der Waals surface area contributed by atoms with E-state index in [0.717, 1.165) is 22.7 Å². The summed E-state index contributed by atoms with van der Waals surface area (Å²) in [4.78, 5) is 21.2. The third-order valence-electron chi connectivity index (χ3n) is 4.85. The van der Waals surface area contributed by atoms with E-state index in [1.165, 1.54) is 25.7 Å². The van der Waals surface area contributed by atoms with Gasteiger partial charge in [0.25, 0.3) is 0 Å². The number of rotatable bonds is 6. The first-order chi connectivity index (χ1) is 12.8. The Kier molecular flexibility index (Phi) is 4.86. The number of hydrogen-bond acceptors (Lipinski definition) is 4. The smallest absolute Gasteiger partial charge is 0.315 e. The maximum atomic E-state index is 11.9. The monoisotopic (exact) mass is 353 g/mol. The summed E-state index contributed by atoms with van der Waals surface area (Å²) in [6.45, 7) is 0.906. The molecular formula is C19H23N5O2. The first-order valence-electron chi connectivity index (χ1n) is 9.17. The zero-order valence-electron chi connectivity index (χ0n) is 14.6. The molecule has 2 amide bonds. The van der Waals surface area contributed by atoms with Gasteiger partial charge in [0.1, 0.15) is 17.1 Å². The van der Waals surface area contributed by atoms with Crippen molar-refractivity contribution in [3.05, 3.63) is 48.3 Å². The van der Waals surface area contributed by atoms with Gasteiger partial charge in [-0.2, -0.15) is 0 Å². The number of hydrogen-bond donors (Lipinski definition) is 2. The van der Waals surface area contributed by atoms with Crippen LogP contribution in [0.5, 0.6) is 0 Å². The third kappa shape index (κ3) is 3.56. The van der Waals surface area contributed by atoms with Crippen molar-refractivity contribution in [1.82, 2.24) is 25.2 Å². The summed E-state index contributed by atoms with van der Waals surface area (Å²) in [5.74, 6) is 1.73. The van der Waals surface area contributed by atoms with Gasteiger partial charge >= 0.3 is 6.03 Å². The molecule has 3 aromatic rings. The highest BCUT2D eigenvalue weighted by molar-refractivity contribution is 5.74. The molecule has 7 nitrogen and oxygen atoms in total. The maximum Gasteiger partial charge on any atom is 0.315 e. The highest BCUT2D eigenvalue weighted by atomic mass is 16.3. The van der Waals surface area contributed by atoms with Gasteiger partial charge in [0.15, 0.2) is 5.65 Å². The Morgan fingerprint density at radius 3 is 2.92 bits per heavy atom. The van der Waals surface area contributed by atoms with Crippen molar-refractivity contribution < 1.29 is 9.21 Å². The molecule has 1 saturated carbocycles. The number of urea groups is 1. The summed E-state index contributed by atoms with van der Waals surface area (Å²) in [7, 11) is 0. The van der Waals surface area contributed by atoms with E-state index in [9.17, 15) is 4.79 Å². The van der Waals surface area contributed by atoms with E-state index in [0.29, 0.717) is 25.6 Å². The molecule has 0 spiro atoms. The number of nitrogens with one attached hydrogen (secondary N) is 2. The highest BCUT2D eigenvalue weighted by Crippen LogP contribution is 2.33. The molecule has 1 aliphatic rings. The van der Waals surface area contributed by atoms with Crippen molar-refractivity contribution >= 4 is 17.2 Å². The fourth-order valence-electron chi connectivity index (χ4n) is 3.63. The normalized spacial score (nSPS) is 14.8. The number of aromatic nitrogens is 3. The van der Waals surface area contributed by atoms with Crippen LogP contribution in [-0.4, -0.2) is 27.1 Å². The minimum atomic E-state index is -0.206. The van der Waals surface area contributed by atoms with Crippen LogP contribution in [0, 0.1) is 0 Å². The largest absolute Gasteiger partial charge is 0.467 e. The number of furan rings is 1. The van der Waals surface area contributed by atoms with Crippen LogP contribution in [0.2, 0.25) is 0 Å². The number of amides is 2. The van der Waals surface area contributed by atoms with Gasteiger partial charge < -0.3 is 19.6 Å². The molecule has 1 aliphatic carbocycles. The van der Waals surface area contributed by atoms with Crippen LogP contribution >= 0.6 is 0 Å². The molecule has 4 rings (SSSR count). The first-order valence-corrected chi connectivity index (χ1v) is 9.17. The first kappa shape index (κ1) is 16.6. The Balaban J connectivity index is 1.39. The highest BCUT2D eigenvalue weighted by Gasteiger charge is 2.23. The number of pyridine rings is 1. The summed E-state index contributed by atoms with van der Waals surface area (Å²) in [6.07, 6.45) is 8.95. The summed E-state index contributed by atoms with van der Waals surface area (Å²) in [5, 5.41) is 5.67. The summed E-state index contributed by atoms with van der Waals surface area (Å²) in [6, 6.07) is 7.81. The van der Waals surface area contributed by atoms with Crippen LogP contribution in [-0.2, 0) is 13.0 Å². The van der Waals surface area contributed by atoms with E-state index in [4.69, 9.17) is 9.40 Å². The molecule has 0 saturated heterocycles. The zero-order valence-corrected chi connectivity index (χ0v) is 14.6. The van der Waals surface area contributed by atoms with Crippen LogP contribution < -0.4 is 10.6 Å². The standard InChI is InChI=1S/C19H23N5O2/c25-19(22-13-15-7-4-12-26-15)21-11-9-17-23-16-8-3-10-20-18(16)24(17)14-5-1-2-6-14/h3-4,7-8,10,12,14H,1-2,5-6,9,11,13H2,(H2,21,22,25). The Morgan fingerprint density at radius 1 is 1.23 bits per heavy atom. The number of imidazole rings is 1. The van der Waals surface area contributed by atoms with Crippen LogP contribution in [0.4, 0.5) is 4.79 Å². The van der Waals surface area contributed by atoms with Gasteiger partial charge in [-0.05, 0) is 37.1 Å². The zero-order chi connectivity index (χ0) is 17.8. The van der Waals surface area contributed by atoms with Crippen LogP contribution in [0.1, 0.15) is 43.3 Å². The summed E-state index contributed by atoms with van der Waals surface area (Å²) in [5.41, 5.74) is 1.88. The molecule has 0 atom stereocenters. The van der Waals surface area contributed by atoms with Gasteiger partial charge in [0.2, 0.25) is 0 Å². The van der Waals surface area contributed by atoms with Gasteiger partial charge in [-0.1, -0.05) is 12.8 Å². The molecule has 136 valence electrons. The van der Waals surface area contributed by atoms with Crippen molar-refractivity contribution in [3.8, 4) is 0 Å². The van der Waals surface area contributed by atoms with E-state index >= 15 is 0 Å². The van der Waals surface area contributed by atoms with Gasteiger partial charge in [0.05, 0.1) is 12.8 Å². The summed E-state index contributed by atoms with van der Waals surface area (Å²) >= 11 is 0. The van der Waals surface area contributed by atoms with Gasteiger partial charge in [-0.25, -0.2) is 14.8 Å². The van der Waals surface area contributed by atoms with Gasteiger partial charge in [0, 0.05) is 25.2 Å². The quantitative estimate of drug-likeness (QED) is 0.713.